The Balaban J connectivity index is 2.07. The summed E-state index contributed by atoms with van der Waals surface area (Å²) in [7, 11) is 0. The van der Waals surface area contributed by atoms with Gasteiger partial charge in [0, 0.05) is 22.5 Å². The third kappa shape index (κ3) is 3.70. The molecule has 0 aliphatic rings. The summed E-state index contributed by atoms with van der Waals surface area (Å²) in [4.78, 5) is 11.4. The number of aromatic nitrogens is 2. The monoisotopic (exact) mass is 290 g/mol. The lowest BCUT2D eigenvalue weighted by molar-refractivity contribution is 0.867. The Kier molecular flexibility index (Phi) is 4.95. The summed E-state index contributed by atoms with van der Waals surface area (Å²) in [6, 6.07) is 4.39. The summed E-state index contributed by atoms with van der Waals surface area (Å²) in [6.07, 6.45) is 2.84. The van der Waals surface area contributed by atoms with Gasteiger partial charge in [0.25, 0.3) is 0 Å². The van der Waals surface area contributed by atoms with E-state index in [1.807, 2.05) is 17.4 Å². The lowest BCUT2D eigenvalue weighted by atomic mass is 10.1. The summed E-state index contributed by atoms with van der Waals surface area (Å²) in [5.74, 6) is 1.54. The molecule has 108 valence electrons. The first kappa shape index (κ1) is 14.8. The zero-order chi connectivity index (χ0) is 14.5. The molecule has 0 aromatic carbocycles. The predicted octanol–water partition coefficient (Wildman–Crippen LogP) is 4.15. The van der Waals surface area contributed by atoms with Gasteiger partial charge in [0.2, 0.25) is 5.95 Å². The Bertz CT molecular complexity index is 565. The Morgan fingerprint density at radius 1 is 1.35 bits per heavy atom. The number of hydrogen-bond acceptors (Lipinski definition) is 5. The highest BCUT2D eigenvalue weighted by Gasteiger charge is 2.11. The van der Waals surface area contributed by atoms with Gasteiger partial charge in [-0.2, -0.15) is 4.98 Å². The number of anilines is 2. The third-order valence-electron chi connectivity index (χ3n) is 3.10. The van der Waals surface area contributed by atoms with E-state index in [4.69, 9.17) is 0 Å². The maximum atomic E-state index is 4.48. The van der Waals surface area contributed by atoms with E-state index in [1.54, 1.807) is 6.20 Å². The van der Waals surface area contributed by atoms with Gasteiger partial charge in [-0.1, -0.05) is 6.92 Å². The maximum absolute atomic E-state index is 4.48. The minimum absolute atomic E-state index is 0.244. The summed E-state index contributed by atoms with van der Waals surface area (Å²) < 4.78 is 0. The average molecular weight is 290 g/mol. The first-order chi connectivity index (χ1) is 9.60. The van der Waals surface area contributed by atoms with Gasteiger partial charge in [0.1, 0.15) is 5.82 Å². The molecule has 0 spiro atoms. The van der Waals surface area contributed by atoms with Gasteiger partial charge < -0.3 is 10.6 Å². The molecule has 0 aliphatic carbocycles. The first-order valence-electron chi connectivity index (χ1n) is 7.00. The van der Waals surface area contributed by atoms with Gasteiger partial charge in [0.05, 0.1) is 6.04 Å². The van der Waals surface area contributed by atoms with Crippen LogP contribution in [0.2, 0.25) is 0 Å². The van der Waals surface area contributed by atoms with Crippen LogP contribution in [-0.2, 0) is 0 Å². The van der Waals surface area contributed by atoms with Crippen molar-refractivity contribution in [1.82, 2.24) is 9.97 Å². The number of rotatable bonds is 6. The Hall–Kier alpha value is -1.62. The fraction of sp³-hybridized carbons (Fsp3) is 0.467. The topological polar surface area (TPSA) is 49.8 Å². The van der Waals surface area contributed by atoms with Crippen molar-refractivity contribution in [3.8, 4) is 0 Å². The molecular weight excluding hydrogens is 268 g/mol. The first-order valence-corrected chi connectivity index (χ1v) is 7.82. The number of thiophene rings is 1. The second-order valence-electron chi connectivity index (χ2n) is 4.93. The van der Waals surface area contributed by atoms with Crippen LogP contribution < -0.4 is 10.6 Å². The van der Waals surface area contributed by atoms with Gasteiger partial charge in [-0.3, -0.25) is 0 Å². The SMILES string of the molecule is CCCNc1nccc(NC(C)c2cc(C)sc2C)n1. The van der Waals surface area contributed by atoms with Crippen LogP contribution in [0.3, 0.4) is 0 Å². The van der Waals surface area contributed by atoms with Crippen molar-refractivity contribution in [2.75, 3.05) is 17.2 Å². The van der Waals surface area contributed by atoms with Crippen LogP contribution in [0, 0.1) is 13.8 Å². The Morgan fingerprint density at radius 3 is 2.80 bits per heavy atom. The standard InChI is InChI=1S/C15H22N4S/c1-5-7-16-15-17-8-6-14(19-15)18-11(3)13-9-10(2)20-12(13)4/h6,8-9,11H,5,7H2,1-4H3,(H2,16,17,18,19). The van der Waals surface area contributed by atoms with E-state index in [1.165, 1.54) is 15.3 Å². The third-order valence-corrected chi connectivity index (χ3v) is 4.08. The van der Waals surface area contributed by atoms with Crippen LogP contribution in [0.15, 0.2) is 18.3 Å². The van der Waals surface area contributed by atoms with Crippen LogP contribution in [0.4, 0.5) is 11.8 Å². The van der Waals surface area contributed by atoms with Crippen molar-refractivity contribution >= 4 is 23.1 Å². The van der Waals surface area contributed by atoms with Gasteiger partial charge in [0.15, 0.2) is 0 Å². The summed E-state index contributed by atoms with van der Waals surface area (Å²) in [5, 5.41) is 6.65. The highest BCUT2D eigenvalue weighted by Crippen LogP contribution is 2.28. The summed E-state index contributed by atoms with van der Waals surface area (Å²) in [6.45, 7) is 9.49. The van der Waals surface area contributed by atoms with Crippen LogP contribution in [0.1, 0.15) is 41.6 Å². The van der Waals surface area contributed by atoms with E-state index in [0.717, 1.165) is 18.8 Å². The van der Waals surface area contributed by atoms with Gasteiger partial charge >= 0.3 is 0 Å². The highest BCUT2D eigenvalue weighted by atomic mass is 32.1. The number of nitrogens with one attached hydrogen (secondary N) is 2. The summed E-state index contributed by atoms with van der Waals surface area (Å²) >= 11 is 1.84. The molecule has 0 amide bonds. The van der Waals surface area contributed by atoms with E-state index in [9.17, 15) is 0 Å². The molecule has 0 fully saturated rings. The minimum atomic E-state index is 0.244. The van der Waals surface area contributed by atoms with Crippen molar-refractivity contribution < 1.29 is 0 Å². The molecule has 4 nitrogen and oxygen atoms in total. The molecule has 1 atom stereocenters. The fourth-order valence-corrected chi connectivity index (χ4v) is 3.16. The van der Waals surface area contributed by atoms with Crippen molar-refractivity contribution in [2.45, 2.75) is 40.2 Å². The van der Waals surface area contributed by atoms with E-state index < -0.39 is 0 Å². The molecule has 2 aromatic heterocycles. The summed E-state index contributed by atoms with van der Waals surface area (Å²) in [5.41, 5.74) is 1.34. The zero-order valence-electron chi connectivity index (χ0n) is 12.5. The normalized spacial score (nSPS) is 12.2. The maximum Gasteiger partial charge on any atom is 0.224 e. The lowest BCUT2D eigenvalue weighted by Gasteiger charge is -2.15. The molecule has 0 saturated carbocycles. The molecule has 5 heteroatoms. The molecule has 2 N–H and O–H groups in total. The molecule has 0 bridgehead atoms. The number of nitrogens with zero attached hydrogens (tertiary/aromatic N) is 2. The van der Waals surface area contributed by atoms with Crippen molar-refractivity contribution in [1.29, 1.82) is 0 Å². The second-order valence-corrected chi connectivity index (χ2v) is 6.39. The van der Waals surface area contributed by atoms with E-state index in [0.29, 0.717) is 5.95 Å². The van der Waals surface area contributed by atoms with Crippen LogP contribution >= 0.6 is 11.3 Å². The molecule has 0 aliphatic heterocycles. The van der Waals surface area contributed by atoms with Crippen LogP contribution in [0.5, 0.6) is 0 Å². The molecule has 20 heavy (non-hydrogen) atoms. The molecular formula is C15H22N4S. The second kappa shape index (κ2) is 6.70. The van der Waals surface area contributed by atoms with Crippen molar-refractivity contribution in [3.63, 3.8) is 0 Å². The van der Waals surface area contributed by atoms with E-state index >= 15 is 0 Å². The van der Waals surface area contributed by atoms with Crippen LogP contribution in [-0.4, -0.2) is 16.5 Å². The van der Waals surface area contributed by atoms with Crippen molar-refractivity contribution in [2.24, 2.45) is 0 Å². The molecule has 1 unspecified atom stereocenters. The average Bonchev–Trinajstić information content (AvgIpc) is 2.76. The van der Waals surface area contributed by atoms with Gasteiger partial charge in [-0.15, -0.1) is 11.3 Å². The minimum Gasteiger partial charge on any atom is -0.363 e. The molecule has 2 aromatic rings. The largest absolute Gasteiger partial charge is 0.363 e. The van der Waals surface area contributed by atoms with E-state index in [-0.39, 0.29) is 6.04 Å². The van der Waals surface area contributed by atoms with Gasteiger partial charge in [-0.25, -0.2) is 4.98 Å². The Morgan fingerprint density at radius 2 is 2.15 bits per heavy atom. The van der Waals surface area contributed by atoms with E-state index in [2.05, 4.69) is 54.4 Å². The number of aryl methyl sites for hydroxylation is 2. The lowest BCUT2D eigenvalue weighted by Crippen LogP contribution is -2.10. The fourth-order valence-electron chi connectivity index (χ4n) is 2.14. The smallest absolute Gasteiger partial charge is 0.224 e. The molecule has 0 radical (unpaired) electrons. The van der Waals surface area contributed by atoms with Crippen LogP contribution in [0.25, 0.3) is 0 Å². The molecule has 2 heterocycles. The molecule has 2 rings (SSSR count). The zero-order valence-corrected chi connectivity index (χ0v) is 13.3. The number of hydrogen-bond donors (Lipinski definition) is 2. The highest BCUT2D eigenvalue weighted by molar-refractivity contribution is 7.12. The Labute approximate surface area is 124 Å². The predicted molar refractivity (Wildman–Crippen MR) is 86.6 cm³/mol. The van der Waals surface area contributed by atoms with Crippen molar-refractivity contribution in [3.05, 3.63) is 33.6 Å². The quantitative estimate of drug-likeness (QED) is 0.839. The molecule has 0 saturated heterocycles. The van der Waals surface area contributed by atoms with Gasteiger partial charge in [-0.05, 0) is 44.9 Å².